The fourth-order valence-electron chi connectivity index (χ4n) is 2.77. The van der Waals surface area contributed by atoms with Crippen molar-refractivity contribution in [1.29, 1.82) is 0 Å². The molecule has 27 heavy (non-hydrogen) atoms. The van der Waals surface area contributed by atoms with Crippen molar-refractivity contribution in [3.63, 3.8) is 0 Å². The quantitative estimate of drug-likeness (QED) is 0.844. The van der Waals surface area contributed by atoms with E-state index >= 15 is 0 Å². The van der Waals surface area contributed by atoms with Gasteiger partial charge in [0.1, 0.15) is 0 Å². The van der Waals surface area contributed by atoms with Gasteiger partial charge in [0.2, 0.25) is 5.91 Å². The molecule has 0 saturated carbocycles. The van der Waals surface area contributed by atoms with E-state index < -0.39 is 5.41 Å². The van der Waals surface area contributed by atoms with Crippen molar-refractivity contribution in [2.24, 2.45) is 5.41 Å². The molecular formula is C20H30N4O3. The standard InChI is InChI=1S/C20H30N4O3/c1-5-21-19(27)24-12-10-23(11-13-24)17(25)16-8-6-15(7-9-16)14-22-18(26)20(2,3)4/h6-9H,5,10-14H2,1-4H3,(H,21,27)(H,22,26). The lowest BCUT2D eigenvalue weighted by Gasteiger charge is -2.34. The fraction of sp³-hybridized carbons (Fsp3) is 0.550. The summed E-state index contributed by atoms with van der Waals surface area (Å²) in [7, 11) is 0. The van der Waals surface area contributed by atoms with Crippen molar-refractivity contribution >= 4 is 17.8 Å². The van der Waals surface area contributed by atoms with Crippen molar-refractivity contribution in [2.75, 3.05) is 32.7 Å². The Morgan fingerprint density at radius 3 is 2.00 bits per heavy atom. The number of piperazine rings is 1. The van der Waals surface area contributed by atoms with E-state index in [1.54, 1.807) is 21.9 Å². The molecular weight excluding hydrogens is 344 g/mol. The van der Waals surface area contributed by atoms with Gasteiger partial charge in [-0.3, -0.25) is 9.59 Å². The zero-order chi connectivity index (χ0) is 20.0. The van der Waals surface area contributed by atoms with Crippen molar-refractivity contribution < 1.29 is 14.4 Å². The predicted octanol–water partition coefficient (Wildman–Crippen LogP) is 1.84. The molecule has 0 aromatic heterocycles. The monoisotopic (exact) mass is 374 g/mol. The highest BCUT2D eigenvalue weighted by molar-refractivity contribution is 5.94. The molecule has 0 spiro atoms. The maximum absolute atomic E-state index is 12.6. The number of nitrogens with zero attached hydrogens (tertiary/aromatic N) is 2. The minimum atomic E-state index is -0.425. The molecule has 0 bridgehead atoms. The van der Waals surface area contributed by atoms with Gasteiger partial charge < -0.3 is 20.4 Å². The second-order valence-corrected chi connectivity index (χ2v) is 7.74. The highest BCUT2D eigenvalue weighted by Gasteiger charge is 2.24. The number of amides is 4. The third-order valence-corrected chi connectivity index (χ3v) is 4.52. The highest BCUT2D eigenvalue weighted by atomic mass is 16.2. The zero-order valence-electron chi connectivity index (χ0n) is 16.7. The normalized spacial score (nSPS) is 14.7. The van der Waals surface area contributed by atoms with Gasteiger partial charge in [-0.1, -0.05) is 32.9 Å². The minimum Gasteiger partial charge on any atom is -0.352 e. The van der Waals surface area contributed by atoms with Crippen LogP contribution in [0.1, 0.15) is 43.6 Å². The van der Waals surface area contributed by atoms with Crippen molar-refractivity contribution in [3.8, 4) is 0 Å². The summed E-state index contributed by atoms with van der Waals surface area (Å²) >= 11 is 0. The first-order chi connectivity index (χ1) is 12.7. The summed E-state index contributed by atoms with van der Waals surface area (Å²) < 4.78 is 0. The van der Waals surface area contributed by atoms with Crippen LogP contribution in [0.4, 0.5) is 4.79 Å². The lowest BCUT2D eigenvalue weighted by Crippen LogP contribution is -2.53. The number of hydrogen-bond donors (Lipinski definition) is 2. The van der Waals surface area contributed by atoms with Gasteiger partial charge >= 0.3 is 6.03 Å². The first-order valence-electron chi connectivity index (χ1n) is 9.41. The summed E-state index contributed by atoms with van der Waals surface area (Å²) in [4.78, 5) is 39.9. The van der Waals surface area contributed by atoms with E-state index in [1.165, 1.54) is 0 Å². The van der Waals surface area contributed by atoms with Crippen LogP contribution in [0.25, 0.3) is 0 Å². The van der Waals surface area contributed by atoms with E-state index in [-0.39, 0.29) is 17.8 Å². The Hall–Kier alpha value is -2.57. The number of rotatable bonds is 4. The maximum atomic E-state index is 12.6. The second-order valence-electron chi connectivity index (χ2n) is 7.74. The van der Waals surface area contributed by atoms with Crippen LogP contribution in [0, 0.1) is 5.41 Å². The molecule has 1 aliphatic rings. The Kier molecular flexibility index (Phi) is 6.82. The lowest BCUT2D eigenvalue weighted by atomic mass is 9.95. The van der Waals surface area contributed by atoms with Crippen LogP contribution in [0.15, 0.2) is 24.3 Å². The molecule has 1 aromatic rings. The summed E-state index contributed by atoms with van der Waals surface area (Å²) in [6, 6.07) is 7.22. The number of hydrogen-bond acceptors (Lipinski definition) is 3. The van der Waals surface area contributed by atoms with Crippen molar-refractivity contribution in [3.05, 3.63) is 35.4 Å². The molecule has 0 radical (unpaired) electrons. The molecule has 2 rings (SSSR count). The predicted molar refractivity (Wildman–Crippen MR) is 104 cm³/mol. The molecule has 1 aromatic carbocycles. The van der Waals surface area contributed by atoms with Crippen LogP contribution in [0.5, 0.6) is 0 Å². The molecule has 1 heterocycles. The van der Waals surface area contributed by atoms with E-state index in [4.69, 9.17) is 0 Å². The molecule has 0 atom stereocenters. The summed E-state index contributed by atoms with van der Waals surface area (Å²) in [6.45, 7) is 10.7. The number of urea groups is 1. The molecule has 1 aliphatic heterocycles. The van der Waals surface area contributed by atoms with Gasteiger partial charge in [0.05, 0.1) is 0 Å². The second kappa shape index (κ2) is 8.88. The van der Waals surface area contributed by atoms with Gasteiger partial charge in [-0.25, -0.2) is 4.79 Å². The third kappa shape index (κ3) is 5.70. The van der Waals surface area contributed by atoms with Gasteiger partial charge in [0.25, 0.3) is 5.91 Å². The molecule has 1 fully saturated rings. The molecule has 7 nitrogen and oxygen atoms in total. The minimum absolute atomic E-state index is 0.00682. The number of nitrogens with one attached hydrogen (secondary N) is 2. The first-order valence-corrected chi connectivity index (χ1v) is 9.41. The Morgan fingerprint density at radius 1 is 0.926 bits per heavy atom. The van der Waals surface area contributed by atoms with Crippen LogP contribution in [-0.4, -0.2) is 60.4 Å². The van der Waals surface area contributed by atoms with Crippen LogP contribution < -0.4 is 10.6 Å². The highest BCUT2D eigenvalue weighted by Crippen LogP contribution is 2.14. The number of carbonyl (C=O) groups is 3. The van der Waals surface area contributed by atoms with Gasteiger partial charge in [-0.05, 0) is 24.6 Å². The van der Waals surface area contributed by atoms with E-state index in [0.29, 0.717) is 44.8 Å². The molecule has 2 N–H and O–H groups in total. The maximum Gasteiger partial charge on any atom is 0.317 e. The van der Waals surface area contributed by atoms with E-state index in [2.05, 4.69) is 10.6 Å². The van der Waals surface area contributed by atoms with Crippen LogP contribution in [0.2, 0.25) is 0 Å². The molecule has 7 heteroatoms. The number of benzene rings is 1. The molecule has 148 valence electrons. The van der Waals surface area contributed by atoms with Gasteiger partial charge in [0, 0.05) is 50.2 Å². The molecule has 4 amide bonds. The molecule has 1 saturated heterocycles. The lowest BCUT2D eigenvalue weighted by molar-refractivity contribution is -0.128. The topological polar surface area (TPSA) is 81.8 Å². The van der Waals surface area contributed by atoms with Crippen LogP contribution in [0.3, 0.4) is 0 Å². The third-order valence-electron chi connectivity index (χ3n) is 4.52. The first kappa shape index (κ1) is 20.7. The zero-order valence-corrected chi connectivity index (χ0v) is 16.7. The summed E-state index contributed by atoms with van der Waals surface area (Å²) in [5.74, 6) is -0.0385. The average Bonchev–Trinajstić information content (AvgIpc) is 2.65. The Balaban J connectivity index is 1.87. The summed E-state index contributed by atoms with van der Waals surface area (Å²) in [5.41, 5.74) is 1.14. The Labute approximate surface area is 161 Å². The van der Waals surface area contributed by atoms with Crippen LogP contribution in [-0.2, 0) is 11.3 Å². The largest absolute Gasteiger partial charge is 0.352 e. The fourth-order valence-corrected chi connectivity index (χ4v) is 2.77. The van der Waals surface area contributed by atoms with Crippen molar-refractivity contribution in [2.45, 2.75) is 34.2 Å². The van der Waals surface area contributed by atoms with Crippen molar-refractivity contribution in [1.82, 2.24) is 20.4 Å². The van der Waals surface area contributed by atoms with E-state index in [9.17, 15) is 14.4 Å². The van der Waals surface area contributed by atoms with Crippen LogP contribution >= 0.6 is 0 Å². The average molecular weight is 374 g/mol. The summed E-state index contributed by atoms with van der Waals surface area (Å²) in [6.07, 6.45) is 0. The Bertz CT molecular complexity index is 671. The number of carbonyl (C=O) groups excluding carboxylic acids is 3. The van der Waals surface area contributed by atoms with Gasteiger partial charge in [-0.2, -0.15) is 0 Å². The van der Waals surface area contributed by atoms with Gasteiger partial charge in [0.15, 0.2) is 0 Å². The SMILES string of the molecule is CCNC(=O)N1CCN(C(=O)c2ccc(CNC(=O)C(C)(C)C)cc2)CC1. The molecule has 0 unspecified atom stereocenters. The van der Waals surface area contributed by atoms with Gasteiger partial charge in [-0.15, -0.1) is 0 Å². The Morgan fingerprint density at radius 2 is 1.48 bits per heavy atom. The smallest absolute Gasteiger partial charge is 0.317 e. The van der Waals surface area contributed by atoms with E-state index in [0.717, 1.165) is 5.56 Å². The summed E-state index contributed by atoms with van der Waals surface area (Å²) in [5, 5.41) is 5.68. The van der Waals surface area contributed by atoms with E-state index in [1.807, 2.05) is 39.8 Å². The molecule has 0 aliphatic carbocycles.